The maximum absolute atomic E-state index is 6.43. The van der Waals surface area contributed by atoms with Crippen molar-refractivity contribution in [3.05, 3.63) is 83.2 Å². The van der Waals surface area contributed by atoms with Crippen molar-refractivity contribution in [2.75, 3.05) is 0 Å². The van der Waals surface area contributed by atoms with E-state index in [2.05, 4.69) is 81.2 Å². The predicted molar refractivity (Wildman–Crippen MR) is 122 cm³/mol. The summed E-state index contributed by atoms with van der Waals surface area (Å²) >= 11 is 0. The van der Waals surface area contributed by atoms with E-state index in [0.717, 1.165) is 38.9 Å². The smallest absolute Gasteiger partial charge is 0.227 e. The maximum atomic E-state index is 6.43. The van der Waals surface area contributed by atoms with E-state index in [9.17, 15) is 0 Å². The van der Waals surface area contributed by atoms with E-state index < -0.39 is 0 Å². The summed E-state index contributed by atoms with van der Waals surface area (Å²) in [5.41, 5.74) is 10.6. The molecule has 146 valence electrons. The quantitative estimate of drug-likeness (QED) is 0.310. The molecule has 0 amide bonds. The third kappa shape index (κ3) is 2.20. The Morgan fingerprint density at radius 1 is 0.867 bits per heavy atom. The monoisotopic (exact) mass is 390 g/mol. The van der Waals surface area contributed by atoms with Gasteiger partial charge in [-0.1, -0.05) is 50.2 Å². The van der Waals surface area contributed by atoms with E-state index in [0.29, 0.717) is 5.71 Å². The Balaban J connectivity index is 1.70. The fourth-order valence-electron chi connectivity index (χ4n) is 4.93. The van der Waals surface area contributed by atoms with Crippen LogP contribution in [0.5, 0.6) is 0 Å². The molecule has 0 saturated heterocycles. The van der Waals surface area contributed by atoms with Gasteiger partial charge in [0, 0.05) is 33.5 Å². The number of fused-ring (bicyclic) bond motifs is 6. The lowest BCUT2D eigenvalue weighted by atomic mass is 9.85. The third-order valence-electron chi connectivity index (χ3n) is 6.50. The number of furan rings is 1. The van der Waals surface area contributed by atoms with Crippen molar-refractivity contribution in [2.45, 2.75) is 33.1 Å². The van der Waals surface area contributed by atoms with Crippen molar-refractivity contribution in [1.29, 1.82) is 0 Å². The minimum absolute atomic E-state index is 0.143. The first kappa shape index (κ1) is 17.4. The third-order valence-corrected chi connectivity index (χ3v) is 6.50. The van der Waals surface area contributed by atoms with E-state index in [-0.39, 0.29) is 5.41 Å². The van der Waals surface area contributed by atoms with Crippen molar-refractivity contribution < 1.29 is 4.42 Å². The molecule has 0 N–H and O–H groups in total. The highest BCUT2D eigenvalue weighted by Gasteiger charge is 2.37. The maximum Gasteiger partial charge on any atom is 0.227 e. The van der Waals surface area contributed by atoms with Crippen LogP contribution in [0.3, 0.4) is 0 Å². The number of nitrogens with zero attached hydrogens (tertiary/aromatic N) is 2. The molecule has 6 rings (SSSR count). The number of rotatable bonds is 1. The summed E-state index contributed by atoms with van der Waals surface area (Å²) in [4.78, 5) is 9.68. The molecule has 3 heterocycles. The summed E-state index contributed by atoms with van der Waals surface area (Å²) in [6, 6.07) is 19.3. The second kappa shape index (κ2) is 5.79. The highest BCUT2D eigenvalue weighted by Crippen LogP contribution is 2.49. The largest absolute Gasteiger partial charge is 0.437 e. The van der Waals surface area contributed by atoms with Gasteiger partial charge in [0.05, 0.1) is 11.4 Å². The molecule has 2 aromatic carbocycles. The van der Waals surface area contributed by atoms with Crippen molar-refractivity contribution in [2.24, 2.45) is 0 Å². The molecule has 0 spiro atoms. The zero-order chi connectivity index (χ0) is 20.6. The van der Waals surface area contributed by atoms with Gasteiger partial charge in [-0.25, -0.2) is 4.98 Å². The van der Waals surface area contributed by atoms with Crippen LogP contribution in [0.2, 0.25) is 0 Å². The Labute approximate surface area is 175 Å². The lowest BCUT2D eigenvalue weighted by Crippen LogP contribution is -2.16. The summed E-state index contributed by atoms with van der Waals surface area (Å²) in [5, 5.41) is 2.15. The van der Waals surface area contributed by atoms with Gasteiger partial charge < -0.3 is 4.42 Å². The standard InChI is InChI=1S/C27H22N2O/c1-15-11-12-28-22(13-15)23-16(2)9-10-18-20-14-19-17-7-5-6-8-21(17)27(3,4)25(19)29-26(20)30-24(18)23/h5-14H,1-4H3. The zero-order valence-electron chi connectivity index (χ0n) is 17.6. The Morgan fingerprint density at radius 2 is 1.70 bits per heavy atom. The number of benzene rings is 2. The van der Waals surface area contributed by atoms with Gasteiger partial charge in [-0.05, 0) is 54.3 Å². The van der Waals surface area contributed by atoms with E-state index >= 15 is 0 Å². The first-order valence-corrected chi connectivity index (χ1v) is 10.4. The number of pyridine rings is 2. The molecule has 0 unspecified atom stereocenters. The van der Waals surface area contributed by atoms with Crippen molar-refractivity contribution in [1.82, 2.24) is 9.97 Å². The lowest BCUT2D eigenvalue weighted by Gasteiger charge is -2.19. The topological polar surface area (TPSA) is 38.9 Å². The molecule has 3 heteroatoms. The molecule has 0 saturated carbocycles. The van der Waals surface area contributed by atoms with E-state index in [1.165, 1.54) is 22.3 Å². The number of aromatic nitrogens is 2. The summed E-state index contributed by atoms with van der Waals surface area (Å²) in [7, 11) is 0. The van der Waals surface area contributed by atoms with Gasteiger partial charge in [-0.2, -0.15) is 0 Å². The van der Waals surface area contributed by atoms with Gasteiger partial charge in [-0.15, -0.1) is 0 Å². The summed E-state index contributed by atoms with van der Waals surface area (Å²) in [6.45, 7) is 8.68. The minimum Gasteiger partial charge on any atom is -0.437 e. The van der Waals surface area contributed by atoms with Gasteiger partial charge in [0.15, 0.2) is 0 Å². The van der Waals surface area contributed by atoms with Gasteiger partial charge in [-0.3, -0.25) is 4.98 Å². The van der Waals surface area contributed by atoms with Crippen molar-refractivity contribution in [3.8, 4) is 22.4 Å². The molecule has 0 fully saturated rings. The van der Waals surface area contributed by atoms with Gasteiger partial charge in [0.2, 0.25) is 5.71 Å². The van der Waals surface area contributed by atoms with Crippen LogP contribution in [0.4, 0.5) is 0 Å². The SMILES string of the molecule is Cc1ccnc(-c2c(C)ccc3c2oc2nc4c(cc23)-c2ccccc2C4(C)C)c1. The normalized spacial score (nSPS) is 14.3. The van der Waals surface area contributed by atoms with Gasteiger partial charge in [0.1, 0.15) is 5.58 Å². The van der Waals surface area contributed by atoms with Crippen molar-refractivity contribution >= 4 is 22.1 Å². The molecular weight excluding hydrogens is 368 g/mol. The average molecular weight is 390 g/mol. The second-order valence-corrected chi connectivity index (χ2v) is 8.86. The summed E-state index contributed by atoms with van der Waals surface area (Å²) in [5.74, 6) is 0. The predicted octanol–water partition coefficient (Wildman–Crippen LogP) is 6.97. The van der Waals surface area contributed by atoms with Crippen molar-refractivity contribution in [3.63, 3.8) is 0 Å². The first-order valence-electron chi connectivity index (χ1n) is 10.4. The number of hydrogen-bond acceptors (Lipinski definition) is 3. The molecule has 1 aliphatic carbocycles. The Morgan fingerprint density at radius 3 is 2.53 bits per heavy atom. The van der Waals surface area contributed by atoms with Crippen LogP contribution in [-0.4, -0.2) is 9.97 Å². The molecule has 0 bridgehead atoms. The van der Waals surface area contributed by atoms with Crippen LogP contribution < -0.4 is 0 Å². The fraction of sp³-hybridized carbons (Fsp3) is 0.185. The molecule has 1 aliphatic rings. The van der Waals surface area contributed by atoms with Crippen LogP contribution in [-0.2, 0) is 5.41 Å². The molecule has 3 nitrogen and oxygen atoms in total. The molecule has 0 aliphatic heterocycles. The molecule has 0 radical (unpaired) electrons. The van der Waals surface area contributed by atoms with Gasteiger partial charge in [0.25, 0.3) is 0 Å². The lowest BCUT2D eigenvalue weighted by molar-refractivity contribution is 0.615. The minimum atomic E-state index is -0.143. The number of hydrogen-bond donors (Lipinski definition) is 0. The Bertz CT molecular complexity index is 1490. The second-order valence-electron chi connectivity index (χ2n) is 8.86. The number of aryl methyl sites for hydroxylation is 2. The van der Waals surface area contributed by atoms with Crippen LogP contribution in [0, 0.1) is 13.8 Å². The molecule has 5 aromatic rings. The molecule has 0 atom stereocenters. The highest BCUT2D eigenvalue weighted by molar-refractivity contribution is 6.10. The van der Waals surface area contributed by atoms with E-state index in [1.54, 1.807) is 0 Å². The zero-order valence-corrected chi connectivity index (χ0v) is 17.6. The van der Waals surface area contributed by atoms with Crippen LogP contribution in [0.15, 0.2) is 65.2 Å². The van der Waals surface area contributed by atoms with Crippen LogP contribution in [0.25, 0.3) is 44.5 Å². The van der Waals surface area contributed by atoms with Crippen LogP contribution in [0.1, 0.15) is 36.2 Å². The first-order chi connectivity index (χ1) is 14.4. The summed E-state index contributed by atoms with van der Waals surface area (Å²) in [6.07, 6.45) is 1.86. The van der Waals surface area contributed by atoms with Crippen LogP contribution >= 0.6 is 0 Å². The van der Waals surface area contributed by atoms with E-state index in [1.807, 2.05) is 12.3 Å². The molecule has 30 heavy (non-hydrogen) atoms. The highest BCUT2D eigenvalue weighted by atomic mass is 16.3. The average Bonchev–Trinajstić information content (AvgIpc) is 3.19. The Kier molecular flexibility index (Phi) is 3.36. The van der Waals surface area contributed by atoms with E-state index in [4.69, 9.17) is 9.40 Å². The molecule has 3 aromatic heterocycles. The van der Waals surface area contributed by atoms with Gasteiger partial charge >= 0.3 is 0 Å². The fourth-order valence-corrected chi connectivity index (χ4v) is 4.93. The molecular formula is C27H22N2O. The Hall–Kier alpha value is -3.46. The summed E-state index contributed by atoms with van der Waals surface area (Å²) < 4.78 is 6.43.